The summed E-state index contributed by atoms with van der Waals surface area (Å²) in [6.45, 7) is 3.29. The molecule has 3 heterocycles. The minimum atomic E-state index is -0.829. The lowest BCUT2D eigenvalue weighted by molar-refractivity contribution is -0.197. The van der Waals surface area contributed by atoms with E-state index >= 15 is 0 Å². The number of aromatic nitrogens is 3. The number of fused-ring (bicyclic) bond motifs is 3. The predicted molar refractivity (Wildman–Crippen MR) is 171 cm³/mol. The second kappa shape index (κ2) is 14.9. The van der Waals surface area contributed by atoms with Gasteiger partial charge in [0.1, 0.15) is 11.3 Å². The fraction of sp³-hybridized carbons (Fsp3) is 0.394. The van der Waals surface area contributed by atoms with Gasteiger partial charge < -0.3 is 35.4 Å². The van der Waals surface area contributed by atoms with E-state index in [2.05, 4.69) is 17.2 Å². The van der Waals surface area contributed by atoms with Gasteiger partial charge in [0, 0.05) is 43.2 Å². The number of imide groups is 1. The minimum Gasteiger partial charge on any atom is -0.504 e. The molecule has 5 N–H and O–H groups in total. The second-order valence-electron chi connectivity index (χ2n) is 11.3. The Morgan fingerprint density at radius 1 is 1.02 bits per heavy atom. The number of pyridine rings is 1. The Hall–Kier alpha value is -5.24. The summed E-state index contributed by atoms with van der Waals surface area (Å²) in [7, 11) is 0. The lowest BCUT2D eigenvalue weighted by atomic mass is 10.1. The van der Waals surface area contributed by atoms with Gasteiger partial charge in [-0.2, -0.15) is 0 Å². The number of hydrogen-bond donors (Lipinski definition) is 4. The van der Waals surface area contributed by atoms with E-state index in [1.54, 1.807) is 12.1 Å². The van der Waals surface area contributed by atoms with Gasteiger partial charge in [0.15, 0.2) is 17.3 Å². The molecule has 47 heavy (non-hydrogen) atoms. The lowest BCUT2D eigenvalue weighted by Gasteiger charge is -2.13. The number of amides is 3. The van der Waals surface area contributed by atoms with Crippen LogP contribution in [-0.4, -0.2) is 73.3 Å². The number of anilines is 1. The van der Waals surface area contributed by atoms with Crippen LogP contribution in [0.2, 0.25) is 0 Å². The highest BCUT2D eigenvalue weighted by Crippen LogP contribution is 2.34. The first-order chi connectivity index (χ1) is 22.7. The van der Waals surface area contributed by atoms with Gasteiger partial charge >= 0.3 is 5.97 Å². The third kappa shape index (κ3) is 7.77. The molecule has 0 spiro atoms. The van der Waals surface area contributed by atoms with Crippen molar-refractivity contribution in [1.29, 1.82) is 0 Å². The first-order valence-electron chi connectivity index (χ1n) is 15.6. The van der Waals surface area contributed by atoms with E-state index in [0.29, 0.717) is 47.1 Å². The number of carbonyl (C=O) groups excluding carboxylic acids is 4. The monoisotopic (exact) mass is 646 g/mol. The van der Waals surface area contributed by atoms with Gasteiger partial charge in [0.05, 0.1) is 37.2 Å². The SMILES string of the molecule is CCCCc1nc2c(N)nc3cc(CCOCCNC(=O)CCC(=O)ON4C(=O)CCC4=O)ccc3c2n1Cc1cccc(O)c1O. The summed E-state index contributed by atoms with van der Waals surface area (Å²) in [5.41, 5.74) is 10.0. The van der Waals surface area contributed by atoms with Crippen molar-refractivity contribution < 1.29 is 39.0 Å². The maximum Gasteiger partial charge on any atom is 0.333 e. The summed E-state index contributed by atoms with van der Waals surface area (Å²) in [6.07, 6.45) is 2.80. The summed E-state index contributed by atoms with van der Waals surface area (Å²) in [5.74, 6) is -1.58. The number of nitrogens with zero attached hydrogens (tertiary/aromatic N) is 4. The Morgan fingerprint density at radius 2 is 1.81 bits per heavy atom. The summed E-state index contributed by atoms with van der Waals surface area (Å²) in [6, 6.07) is 10.8. The largest absolute Gasteiger partial charge is 0.504 e. The topological polar surface area (TPSA) is 199 Å². The Morgan fingerprint density at radius 3 is 2.57 bits per heavy atom. The maximum atomic E-state index is 12.1. The number of nitrogen functional groups attached to an aromatic ring is 1. The Bertz CT molecular complexity index is 1800. The number of rotatable bonds is 15. The lowest BCUT2D eigenvalue weighted by Crippen LogP contribution is -2.33. The van der Waals surface area contributed by atoms with Crippen molar-refractivity contribution in [3.8, 4) is 11.5 Å². The summed E-state index contributed by atoms with van der Waals surface area (Å²) in [5, 5.41) is 24.6. The molecule has 4 aromatic rings. The Labute approximate surface area is 270 Å². The average molecular weight is 647 g/mol. The van der Waals surface area contributed by atoms with Crippen molar-refractivity contribution in [2.24, 2.45) is 0 Å². The highest BCUT2D eigenvalue weighted by Gasteiger charge is 2.32. The van der Waals surface area contributed by atoms with Crippen LogP contribution in [0.5, 0.6) is 11.5 Å². The molecule has 1 aliphatic rings. The van der Waals surface area contributed by atoms with E-state index < -0.39 is 17.8 Å². The predicted octanol–water partition coefficient (Wildman–Crippen LogP) is 3.03. The number of phenolic OH excluding ortho intramolecular Hbond substituents is 2. The molecular formula is C33H38N6O8. The molecular weight excluding hydrogens is 608 g/mol. The molecule has 0 radical (unpaired) electrons. The summed E-state index contributed by atoms with van der Waals surface area (Å²) < 4.78 is 7.72. The van der Waals surface area contributed by atoms with Crippen LogP contribution in [0.25, 0.3) is 21.9 Å². The number of hydrogen-bond acceptors (Lipinski definition) is 11. The van der Waals surface area contributed by atoms with Gasteiger partial charge in [-0.05, 0) is 30.5 Å². The number of para-hydroxylation sites is 1. The van der Waals surface area contributed by atoms with Crippen LogP contribution in [0.3, 0.4) is 0 Å². The van der Waals surface area contributed by atoms with Crippen LogP contribution in [0.1, 0.15) is 62.4 Å². The molecule has 14 heteroatoms. The van der Waals surface area contributed by atoms with E-state index in [9.17, 15) is 29.4 Å². The van der Waals surface area contributed by atoms with Crippen molar-refractivity contribution in [2.75, 3.05) is 25.5 Å². The molecule has 5 rings (SSSR count). The van der Waals surface area contributed by atoms with Crippen LogP contribution in [0, 0.1) is 0 Å². The number of aryl methyl sites for hydroxylation is 1. The Balaban J connectivity index is 1.17. The van der Waals surface area contributed by atoms with Crippen molar-refractivity contribution >= 4 is 51.4 Å². The number of unbranched alkanes of at least 4 members (excludes halogenated alkanes) is 1. The molecule has 14 nitrogen and oxygen atoms in total. The zero-order valence-corrected chi connectivity index (χ0v) is 26.2. The van der Waals surface area contributed by atoms with Crippen molar-refractivity contribution in [3.63, 3.8) is 0 Å². The van der Waals surface area contributed by atoms with Gasteiger partial charge in [0.2, 0.25) is 5.91 Å². The van der Waals surface area contributed by atoms with Crippen LogP contribution in [0.4, 0.5) is 5.82 Å². The zero-order valence-electron chi connectivity index (χ0n) is 26.2. The molecule has 0 atom stereocenters. The van der Waals surface area contributed by atoms with Gasteiger partial charge in [-0.3, -0.25) is 14.4 Å². The van der Waals surface area contributed by atoms with Crippen LogP contribution in [-0.2, 0) is 48.1 Å². The Kier molecular flexibility index (Phi) is 10.5. The molecule has 3 amide bonds. The normalized spacial score (nSPS) is 13.2. The summed E-state index contributed by atoms with van der Waals surface area (Å²) in [4.78, 5) is 61.2. The van der Waals surface area contributed by atoms with E-state index in [4.69, 9.17) is 20.3 Å². The van der Waals surface area contributed by atoms with Gasteiger partial charge in [-0.1, -0.05) is 37.6 Å². The first-order valence-corrected chi connectivity index (χ1v) is 15.6. The number of benzene rings is 2. The number of nitrogens with one attached hydrogen (secondary N) is 1. The fourth-order valence-electron chi connectivity index (χ4n) is 5.39. The third-order valence-electron chi connectivity index (χ3n) is 7.89. The van der Waals surface area contributed by atoms with Crippen LogP contribution in [0.15, 0.2) is 36.4 Å². The van der Waals surface area contributed by atoms with Gasteiger partial charge in [-0.25, -0.2) is 14.8 Å². The molecule has 1 aliphatic heterocycles. The van der Waals surface area contributed by atoms with Gasteiger partial charge in [0.25, 0.3) is 11.8 Å². The van der Waals surface area contributed by atoms with E-state index in [1.807, 2.05) is 22.8 Å². The first kappa shape index (κ1) is 33.1. The smallest absolute Gasteiger partial charge is 0.333 e. The van der Waals surface area contributed by atoms with Gasteiger partial charge in [-0.15, -0.1) is 5.06 Å². The van der Waals surface area contributed by atoms with Crippen LogP contribution < -0.4 is 11.1 Å². The number of nitrogens with two attached hydrogens (primary N) is 1. The quantitative estimate of drug-likeness (QED) is 0.0841. The van der Waals surface area contributed by atoms with Crippen LogP contribution >= 0.6 is 0 Å². The molecule has 0 saturated carbocycles. The molecule has 248 valence electrons. The molecule has 0 aliphatic carbocycles. The number of aromatic hydroxyl groups is 2. The molecule has 1 saturated heterocycles. The van der Waals surface area contributed by atoms with E-state index in [0.717, 1.165) is 41.6 Å². The molecule has 0 bridgehead atoms. The molecule has 0 unspecified atom stereocenters. The third-order valence-corrected chi connectivity index (χ3v) is 7.89. The van der Waals surface area contributed by atoms with Crippen molar-refractivity contribution in [1.82, 2.24) is 24.9 Å². The van der Waals surface area contributed by atoms with Crippen molar-refractivity contribution in [2.45, 2.75) is 64.8 Å². The number of imidazole rings is 1. The fourth-order valence-corrected chi connectivity index (χ4v) is 5.39. The highest BCUT2D eigenvalue weighted by atomic mass is 16.7. The molecule has 1 fully saturated rings. The van der Waals surface area contributed by atoms with E-state index in [-0.39, 0.29) is 56.2 Å². The molecule has 2 aromatic heterocycles. The zero-order chi connectivity index (χ0) is 33.5. The average Bonchev–Trinajstić information content (AvgIpc) is 3.57. The number of phenols is 2. The highest BCUT2D eigenvalue weighted by molar-refractivity contribution is 6.07. The van der Waals surface area contributed by atoms with Crippen molar-refractivity contribution in [3.05, 3.63) is 53.3 Å². The second-order valence-corrected chi connectivity index (χ2v) is 11.3. The number of carbonyl (C=O) groups is 4. The summed E-state index contributed by atoms with van der Waals surface area (Å²) >= 11 is 0. The number of hydroxylamine groups is 2. The standard InChI is InChI=1S/C33H38N6O8/c1-2-3-7-25-37-30-31(38(25)19-21-5-4-6-24(40)32(21)45)22-9-8-20(18-23(22)36-33(30)34)14-16-46-17-15-35-26(41)10-13-29(44)47-39-27(42)11-12-28(39)43/h4-6,8-9,18,40,45H,2-3,7,10-17,19H2,1H3,(H2,34,36)(H,35,41). The minimum absolute atomic E-state index is 0.00412. The van der Waals surface area contributed by atoms with E-state index in [1.165, 1.54) is 6.07 Å². The maximum absolute atomic E-state index is 12.1. The number of ether oxygens (including phenoxy) is 1. The molecule has 2 aromatic carbocycles.